The number of carbonyl (C=O) groups excluding carboxylic acids is 1. The van der Waals surface area contributed by atoms with Crippen LogP contribution in [0.3, 0.4) is 0 Å². The van der Waals surface area contributed by atoms with Crippen LogP contribution in [0.2, 0.25) is 0 Å². The van der Waals surface area contributed by atoms with Gasteiger partial charge in [-0.3, -0.25) is 10.2 Å². The van der Waals surface area contributed by atoms with Crippen molar-refractivity contribution in [3.63, 3.8) is 0 Å². The van der Waals surface area contributed by atoms with Crippen LogP contribution < -0.4 is 10.9 Å². The van der Waals surface area contributed by atoms with Crippen LogP contribution in [0, 0.1) is 0 Å². The van der Waals surface area contributed by atoms with Gasteiger partial charge in [0.05, 0.1) is 17.7 Å². The Morgan fingerprint density at radius 2 is 1.52 bits per heavy atom. The molecule has 9 heteroatoms. The van der Waals surface area contributed by atoms with Crippen LogP contribution in [0.5, 0.6) is 0 Å². The van der Waals surface area contributed by atoms with Crippen molar-refractivity contribution in [1.82, 2.24) is 10.9 Å². The molecule has 3 rings (SSSR count). The van der Waals surface area contributed by atoms with Crippen molar-refractivity contribution in [2.45, 2.75) is 12.7 Å². The standard InChI is InChI=1S/C20H15F3N2O4/c21-20(22,23)15-7-5-13(6-8-15)18(26)25-24-11-16-9-10-17(29-16)12-1-3-14(4-2-12)19(27)28/h1-10,24H,11H2,(H,25,26)(H,27,28). The number of carbonyl (C=O) groups is 2. The van der Waals surface area contributed by atoms with Crippen molar-refractivity contribution < 1.29 is 32.3 Å². The molecular formula is C20H15F3N2O4. The van der Waals surface area contributed by atoms with Gasteiger partial charge < -0.3 is 9.52 Å². The molecule has 1 heterocycles. The van der Waals surface area contributed by atoms with E-state index >= 15 is 0 Å². The first kappa shape index (κ1) is 20.2. The van der Waals surface area contributed by atoms with Gasteiger partial charge in [-0.2, -0.15) is 13.2 Å². The van der Waals surface area contributed by atoms with Crippen LogP contribution in [0.15, 0.2) is 65.1 Å². The highest BCUT2D eigenvalue weighted by molar-refractivity contribution is 5.93. The summed E-state index contributed by atoms with van der Waals surface area (Å²) in [6, 6.07) is 13.4. The third-order valence-corrected chi connectivity index (χ3v) is 4.02. The predicted molar refractivity (Wildman–Crippen MR) is 96.9 cm³/mol. The molecule has 0 unspecified atom stereocenters. The molecule has 29 heavy (non-hydrogen) atoms. The molecule has 1 aromatic heterocycles. The zero-order valence-electron chi connectivity index (χ0n) is 14.8. The van der Waals surface area contributed by atoms with Gasteiger partial charge in [0.1, 0.15) is 11.5 Å². The summed E-state index contributed by atoms with van der Waals surface area (Å²) in [5, 5.41) is 8.91. The molecule has 1 amide bonds. The van der Waals surface area contributed by atoms with Crippen LogP contribution in [0.4, 0.5) is 13.2 Å². The molecule has 0 aliphatic heterocycles. The number of rotatable bonds is 6. The molecular weight excluding hydrogens is 389 g/mol. The number of hydrazine groups is 1. The van der Waals surface area contributed by atoms with Gasteiger partial charge in [-0.05, 0) is 48.5 Å². The molecule has 2 aromatic carbocycles. The number of carboxylic acid groups (broad SMARTS) is 1. The third kappa shape index (κ3) is 5.02. The SMILES string of the molecule is O=C(O)c1ccc(-c2ccc(CNNC(=O)c3ccc(C(F)(F)F)cc3)o2)cc1. The van der Waals surface area contributed by atoms with Crippen molar-refractivity contribution in [2.75, 3.05) is 0 Å². The predicted octanol–water partition coefficient (Wildman–Crippen LogP) is 4.10. The highest BCUT2D eigenvalue weighted by Crippen LogP contribution is 2.29. The quantitative estimate of drug-likeness (QED) is 0.538. The van der Waals surface area contributed by atoms with E-state index in [9.17, 15) is 22.8 Å². The molecule has 150 valence electrons. The summed E-state index contributed by atoms with van der Waals surface area (Å²) in [6.07, 6.45) is -4.46. The first-order chi connectivity index (χ1) is 13.7. The van der Waals surface area contributed by atoms with Gasteiger partial charge >= 0.3 is 12.1 Å². The van der Waals surface area contributed by atoms with Crippen LogP contribution in [-0.2, 0) is 12.7 Å². The minimum Gasteiger partial charge on any atom is -0.478 e. The smallest absolute Gasteiger partial charge is 0.416 e. The summed E-state index contributed by atoms with van der Waals surface area (Å²) in [7, 11) is 0. The number of nitrogens with one attached hydrogen (secondary N) is 2. The van der Waals surface area contributed by atoms with Gasteiger partial charge in [0.2, 0.25) is 0 Å². The van der Waals surface area contributed by atoms with E-state index in [0.29, 0.717) is 17.1 Å². The molecule has 3 N–H and O–H groups in total. The normalized spacial score (nSPS) is 11.3. The zero-order valence-corrected chi connectivity index (χ0v) is 14.8. The Bertz CT molecular complexity index is 1010. The largest absolute Gasteiger partial charge is 0.478 e. The maximum absolute atomic E-state index is 12.5. The third-order valence-electron chi connectivity index (χ3n) is 4.02. The minimum atomic E-state index is -4.46. The lowest BCUT2D eigenvalue weighted by Crippen LogP contribution is -2.36. The number of benzene rings is 2. The van der Waals surface area contributed by atoms with Crippen LogP contribution >= 0.6 is 0 Å². The summed E-state index contributed by atoms with van der Waals surface area (Å²) in [5.74, 6) is -0.595. The molecule has 0 aliphatic carbocycles. The van der Waals surface area contributed by atoms with Gasteiger partial charge in [0.25, 0.3) is 5.91 Å². The van der Waals surface area contributed by atoms with Crippen molar-refractivity contribution >= 4 is 11.9 Å². The van der Waals surface area contributed by atoms with Crippen LogP contribution in [0.25, 0.3) is 11.3 Å². The van der Waals surface area contributed by atoms with E-state index < -0.39 is 23.6 Å². The molecule has 6 nitrogen and oxygen atoms in total. The number of furan rings is 1. The number of hydrogen-bond donors (Lipinski definition) is 3. The second-order valence-electron chi connectivity index (χ2n) is 6.03. The lowest BCUT2D eigenvalue weighted by Gasteiger charge is -2.08. The van der Waals surface area contributed by atoms with Crippen molar-refractivity contribution in [1.29, 1.82) is 0 Å². The average Bonchev–Trinajstić information content (AvgIpc) is 3.16. The average molecular weight is 404 g/mol. The maximum atomic E-state index is 12.5. The van der Waals surface area contributed by atoms with Gasteiger partial charge in [0.15, 0.2) is 0 Å². The first-order valence-electron chi connectivity index (χ1n) is 8.37. The summed E-state index contributed by atoms with van der Waals surface area (Å²) in [5.41, 5.74) is 5.11. The van der Waals surface area contributed by atoms with Gasteiger partial charge in [-0.1, -0.05) is 12.1 Å². The molecule has 0 spiro atoms. The van der Waals surface area contributed by atoms with Crippen molar-refractivity contribution in [3.8, 4) is 11.3 Å². The topological polar surface area (TPSA) is 91.6 Å². The van der Waals surface area contributed by atoms with E-state index in [1.165, 1.54) is 12.1 Å². The Balaban J connectivity index is 1.54. The Kier molecular flexibility index (Phi) is 5.69. The van der Waals surface area contributed by atoms with Gasteiger partial charge in [-0.15, -0.1) is 0 Å². The van der Waals surface area contributed by atoms with E-state index in [4.69, 9.17) is 9.52 Å². The molecule has 0 saturated carbocycles. The van der Waals surface area contributed by atoms with Crippen LogP contribution in [-0.4, -0.2) is 17.0 Å². The fourth-order valence-electron chi connectivity index (χ4n) is 2.50. The van der Waals surface area contributed by atoms with E-state index in [1.54, 1.807) is 24.3 Å². The minimum absolute atomic E-state index is 0.0733. The Morgan fingerprint density at radius 1 is 0.897 bits per heavy atom. The molecule has 0 fully saturated rings. The maximum Gasteiger partial charge on any atom is 0.416 e. The Hall–Kier alpha value is -3.59. The second-order valence-corrected chi connectivity index (χ2v) is 6.03. The Labute approximate surface area is 162 Å². The number of hydrogen-bond acceptors (Lipinski definition) is 4. The van der Waals surface area contributed by atoms with Gasteiger partial charge in [-0.25, -0.2) is 10.2 Å². The number of carboxylic acids is 1. The fourth-order valence-corrected chi connectivity index (χ4v) is 2.50. The van der Waals surface area contributed by atoms with Crippen molar-refractivity contribution in [2.24, 2.45) is 0 Å². The molecule has 0 atom stereocenters. The highest BCUT2D eigenvalue weighted by Gasteiger charge is 2.30. The zero-order chi connectivity index (χ0) is 21.0. The number of halogens is 3. The Morgan fingerprint density at radius 3 is 2.10 bits per heavy atom. The fraction of sp³-hybridized carbons (Fsp3) is 0.100. The number of aromatic carboxylic acids is 1. The van der Waals surface area contributed by atoms with Gasteiger partial charge in [0, 0.05) is 11.1 Å². The molecule has 0 saturated heterocycles. The monoisotopic (exact) mass is 404 g/mol. The van der Waals surface area contributed by atoms with E-state index in [0.717, 1.165) is 24.3 Å². The molecule has 3 aromatic rings. The lowest BCUT2D eigenvalue weighted by atomic mass is 10.1. The van der Waals surface area contributed by atoms with Crippen LogP contribution in [0.1, 0.15) is 32.0 Å². The molecule has 0 bridgehead atoms. The van der Waals surface area contributed by atoms with E-state index in [2.05, 4.69) is 10.9 Å². The highest BCUT2D eigenvalue weighted by atomic mass is 19.4. The summed E-state index contributed by atoms with van der Waals surface area (Å²) in [4.78, 5) is 22.8. The number of amides is 1. The summed E-state index contributed by atoms with van der Waals surface area (Å²) in [6.45, 7) is 0.138. The van der Waals surface area contributed by atoms with Crippen molar-refractivity contribution in [3.05, 3.63) is 83.1 Å². The molecule has 0 aliphatic rings. The number of alkyl halides is 3. The second kappa shape index (κ2) is 8.19. The lowest BCUT2D eigenvalue weighted by molar-refractivity contribution is -0.137. The van der Waals surface area contributed by atoms with E-state index in [-0.39, 0.29) is 17.7 Å². The van der Waals surface area contributed by atoms with E-state index in [1.807, 2.05) is 0 Å². The summed E-state index contributed by atoms with van der Waals surface area (Å²) < 4.78 is 43.2. The first-order valence-corrected chi connectivity index (χ1v) is 8.37. The summed E-state index contributed by atoms with van der Waals surface area (Å²) >= 11 is 0. The molecule has 0 radical (unpaired) electrons.